The average molecular weight is 380 g/mol. The Bertz CT molecular complexity index is 651. The standard InChI is InChI=1S/C13H19BrFN3O2S/c1-8-6-18(7-12(8)17(2)3)21(19,20)13-4-9(14)10(15)5-11(13)16/h4-5,8,12H,6-7,16H2,1-3H3. The molecule has 1 aromatic carbocycles. The van der Waals surface area contributed by atoms with Crippen LogP contribution >= 0.6 is 15.9 Å². The number of nitrogen functional groups attached to an aromatic ring is 1. The van der Waals surface area contributed by atoms with Gasteiger partial charge in [0.1, 0.15) is 10.7 Å². The number of benzene rings is 1. The molecule has 118 valence electrons. The normalized spacial score (nSPS) is 23.9. The van der Waals surface area contributed by atoms with Gasteiger partial charge >= 0.3 is 0 Å². The van der Waals surface area contributed by atoms with Crippen LogP contribution in [0.1, 0.15) is 6.92 Å². The molecule has 5 nitrogen and oxygen atoms in total. The van der Waals surface area contributed by atoms with Crippen molar-refractivity contribution in [2.45, 2.75) is 17.9 Å². The quantitative estimate of drug-likeness (QED) is 0.812. The summed E-state index contributed by atoms with van der Waals surface area (Å²) in [6.45, 7) is 2.86. The smallest absolute Gasteiger partial charge is 0.245 e. The fraction of sp³-hybridized carbons (Fsp3) is 0.538. The SMILES string of the molecule is CC1CN(S(=O)(=O)c2cc(Br)c(F)cc2N)CC1N(C)C. The Hall–Kier alpha value is -0.700. The van der Waals surface area contributed by atoms with Crippen molar-refractivity contribution in [1.29, 1.82) is 0 Å². The third-order valence-electron chi connectivity index (χ3n) is 3.87. The second kappa shape index (κ2) is 5.83. The topological polar surface area (TPSA) is 66.6 Å². The molecule has 0 bridgehead atoms. The maximum Gasteiger partial charge on any atom is 0.245 e. The zero-order valence-corrected chi connectivity index (χ0v) is 14.6. The molecule has 1 heterocycles. The summed E-state index contributed by atoms with van der Waals surface area (Å²) in [6.07, 6.45) is 0. The predicted molar refractivity (Wildman–Crippen MR) is 83.9 cm³/mol. The van der Waals surface area contributed by atoms with E-state index >= 15 is 0 Å². The molecule has 1 fully saturated rings. The van der Waals surface area contributed by atoms with Gasteiger partial charge in [0, 0.05) is 19.1 Å². The maximum absolute atomic E-state index is 13.4. The number of anilines is 1. The van der Waals surface area contributed by atoms with E-state index in [1.807, 2.05) is 25.9 Å². The van der Waals surface area contributed by atoms with Crippen molar-refractivity contribution < 1.29 is 12.8 Å². The lowest BCUT2D eigenvalue weighted by Crippen LogP contribution is -2.36. The Morgan fingerprint density at radius 1 is 1.38 bits per heavy atom. The molecule has 2 atom stereocenters. The van der Waals surface area contributed by atoms with E-state index in [0.29, 0.717) is 13.1 Å². The van der Waals surface area contributed by atoms with E-state index in [1.54, 1.807) is 0 Å². The highest BCUT2D eigenvalue weighted by Gasteiger charge is 2.39. The number of hydrogen-bond donors (Lipinski definition) is 1. The molecule has 2 rings (SSSR count). The monoisotopic (exact) mass is 379 g/mol. The van der Waals surface area contributed by atoms with E-state index in [1.165, 1.54) is 10.4 Å². The Morgan fingerprint density at radius 3 is 2.52 bits per heavy atom. The van der Waals surface area contributed by atoms with Crippen molar-refractivity contribution in [3.63, 3.8) is 0 Å². The molecule has 21 heavy (non-hydrogen) atoms. The van der Waals surface area contributed by atoms with E-state index in [-0.39, 0.29) is 27.0 Å². The molecule has 1 aliphatic heterocycles. The predicted octanol–water partition coefficient (Wildman–Crippen LogP) is 1.74. The van der Waals surface area contributed by atoms with Gasteiger partial charge in [-0.2, -0.15) is 4.31 Å². The second-order valence-electron chi connectivity index (χ2n) is 5.63. The Balaban J connectivity index is 2.38. The van der Waals surface area contributed by atoms with Crippen molar-refractivity contribution in [2.24, 2.45) is 5.92 Å². The van der Waals surface area contributed by atoms with Gasteiger partial charge in [0.05, 0.1) is 10.2 Å². The van der Waals surface area contributed by atoms with Gasteiger partial charge in [-0.3, -0.25) is 0 Å². The lowest BCUT2D eigenvalue weighted by molar-refractivity contribution is 0.263. The highest BCUT2D eigenvalue weighted by molar-refractivity contribution is 9.10. The molecule has 0 saturated carbocycles. The average Bonchev–Trinajstić information content (AvgIpc) is 2.76. The lowest BCUT2D eigenvalue weighted by Gasteiger charge is -2.22. The summed E-state index contributed by atoms with van der Waals surface area (Å²) in [5.74, 6) is -0.354. The van der Waals surface area contributed by atoms with Gasteiger partial charge in [0.25, 0.3) is 0 Å². The summed E-state index contributed by atoms with van der Waals surface area (Å²) in [6, 6.07) is 2.41. The van der Waals surface area contributed by atoms with E-state index < -0.39 is 15.8 Å². The number of halogens is 2. The molecule has 1 saturated heterocycles. The Morgan fingerprint density at radius 2 is 2.00 bits per heavy atom. The molecular weight excluding hydrogens is 361 g/mol. The number of rotatable bonds is 3. The zero-order valence-electron chi connectivity index (χ0n) is 12.2. The van der Waals surface area contributed by atoms with Crippen molar-refractivity contribution >= 4 is 31.6 Å². The first kappa shape index (κ1) is 16.7. The van der Waals surface area contributed by atoms with Crippen LogP contribution in [0.2, 0.25) is 0 Å². The summed E-state index contributed by atoms with van der Waals surface area (Å²) >= 11 is 3.01. The summed E-state index contributed by atoms with van der Waals surface area (Å²) < 4.78 is 40.4. The van der Waals surface area contributed by atoms with Crippen LogP contribution in [0.15, 0.2) is 21.5 Å². The third kappa shape index (κ3) is 3.08. The molecule has 0 amide bonds. The minimum Gasteiger partial charge on any atom is -0.398 e. The fourth-order valence-corrected chi connectivity index (χ4v) is 4.86. The minimum absolute atomic E-state index is 0.0534. The highest BCUT2D eigenvalue weighted by Crippen LogP contribution is 2.32. The van der Waals surface area contributed by atoms with Gasteiger partial charge < -0.3 is 10.6 Å². The van der Waals surface area contributed by atoms with E-state index in [0.717, 1.165) is 6.07 Å². The molecule has 2 unspecified atom stereocenters. The van der Waals surface area contributed by atoms with Gasteiger partial charge in [-0.25, -0.2) is 12.8 Å². The Labute approximate surface area is 133 Å². The third-order valence-corrected chi connectivity index (χ3v) is 6.37. The summed E-state index contributed by atoms with van der Waals surface area (Å²) in [4.78, 5) is 1.96. The summed E-state index contributed by atoms with van der Waals surface area (Å²) in [7, 11) is 0.138. The van der Waals surface area contributed by atoms with Crippen molar-refractivity contribution in [1.82, 2.24) is 9.21 Å². The molecular formula is C13H19BrFN3O2S. The van der Waals surface area contributed by atoms with Crippen LogP contribution in [0.25, 0.3) is 0 Å². The molecule has 0 aromatic heterocycles. The van der Waals surface area contributed by atoms with Crippen LogP contribution in [0.3, 0.4) is 0 Å². The van der Waals surface area contributed by atoms with Gasteiger partial charge in [-0.15, -0.1) is 0 Å². The summed E-state index contributed by atoms with van der Waals surface area (Å²) in [5, 5.41) is 0. The number of hydrogen-bond acceptors (Lipinski definition) is 4. The number of nitrogens with two attached hydrogens (primary N) is 1. The van der Waals surface area contributed by atoms with Gasteiger partial charge in [-0.1, -0.05) is 6.92 Å². The van der Waals surface area contributed by atoms with Crippen LogP contribution in [0, 0.1) is 11.7 Å². The zero-order chi connectivity index (χ0) is 15.9. The van der Waals surface area contributed by atoms with E-state index in [9.17, 15) is 12.8 Å². The highest BCUT2D eigenvalue weighted by atomic mass is 79.9. The summed E-state index contributed by atoms with van der Waals surface area (Å²) in [5.41, 5.74) is 5.62. The number of likely N-dealkylation sites (N-methyl/N-ethyl adjacent to an activating group) is 1. The first-order valence-electron chi connectivity index (χ1n) is 6.55. The second-order valence-corrected chi connectivity index (χ2v) is 8.40. The first-order chi connectivity index (χ1) is 9.64. The largest absolute Gasteiger partial charge is 0.398 e. The van der Waals surface area contributed by atoms with E-state index in [4.69, 9.17) is 5.73 Å². The fourth-order valence-electron chi connectivity index (χ4n) is 2.68. The van der Waals surface area contributed by atoms with Gasteiger partial charge in [0.15, 0.2) is 0 Å². The molecule has 1 aromatic rings. The minimum atomic E-state index is -3.72. The van der Waals surface area contributed by atoms with Crippen LogP contribution in [0.5, 0.6) is 0 Å². The molecule has 2 N–H and O–H groups in total. The molecule has 0 radical (unpaired) electrons. The van der Waals surface area contributed by atoms with Crippen molar-refractivity contribution in [2.75, 3.05) is 32.9 Å². The molecule has 8 heteroatoms. The Kier molecular flexibility index (Phi) is 4.63. The van der Waals surface area contributed by atoms with Crippen molar-refractivity contribution in [3.05, 3.63) is 22.4 Å². The first-order valence-corrected chi connectivity index (χ1v) is 8.79. The lowest BCUT2D eigenvalue weighted by atomic mass is 10.1. The van der Waals surface area contributed by atoms with Crippen molar-refractivity contribution in [3.8, 4) is 0 Å². The van der Waals surface area contributed by atoms with Gasteiger partial charge in [-0.05, 0) is 48.1 Å². The van der Waals surface area contributed by atoms with Crippen LogP contribution in [-0.2, 0) is 10.0 Å². The van der Waals surface area contributed by atoms with Crippen LogP contribution in [0.4, 0.5) is 10.1 Å². The molecule has 0 spiro atoms. The number of sulfonamides is 1. The van der Waals surface area contributed by atoms with Crippen LogP contribution in [-0.4, -0.2) is 50.8 Å². The number of nitrogens with zero attached hydrogens (tertiary/aromatic N) is 2. The maximum atomic E-state index is 13.4. The van der Waals surface area contributed by atoms with E-state index in [2.05, 4.69) is 15.9 Å². The van der Waals surface area contributed by atoms with Crippen LogP contribution < -0.4 is 5.73 Å². The molecule has 1 aliphatic rings. The molecule has 0 aliphatic carbocycles. The van der Waals surface area contributed by atoms with Gasteiger partial charge in [0.2, 0.25) is 10.0 Å².